The van der Waals surface area contributed by atoms with Gasteiger partial charge in [-0.1, -0.05) is 30.0 Å². The number of carbonyl (C=O) groups is 1. The molecule has 1 N–H and O–H groups in total. The minimum atomic E-state index is -0.0757. The van der Waals surface area contributed by atoms with Crippen molar-refractivity contribution in [1.29, 1.82) is 0 Å². The lowest BCUT2D eigenvalue weighted by atomic mass is 10.1. The molecule has 5 heteroatoms. The van der Waals surface area contributed by atoms with E-state index in [1.807, 2.05) is 42.1 Å². The van der Waals surface area contributed by atoms with Gasteiger partial charge in [-0.25, -0.2) is 4.98 Å². The maximum atomic E-state index is 11.7. The Hall–Kier alpha value is -2.01. The van der Waals surface area contributed by atoms with Gasteiger partial charge in [-0.05, 0) is 17.7 Å². The Bertz CT molecular complexity index is 589. The van der Waals surface area contributed by atoms with E-state index in [-0.39, 0.29) is 5.91 Å². The average molecular weight is 287 g/mol. The lowest BCUT2D eigenvalue weighted by Gasteiger charge is -2.05. The van der Waals surface area contributed by atoms with Crippen molar-refractivity contribution in [2.75, 3.05) is 6.54 Å². The first-order valence-electron chi connectivity index (χ1n) is 6.29. The molecule has 2 aromatic rings. The van der Waals surface area contributed by atoms with E-state index in [4.69, 9.17) is 0 Å². The SMILES string of the molecule is C=CCNC(=O)c1ccc(CSc2nccn2C)cc1. The van der Waals surface area contributed by atoms with Crippen LogP contribution in [0.5, 0.6) is 0 Å². The van der Waals surface area contributed by atoms with Crippen LogP contribution in [0.2, 0.25) is 0 Å². The zero-order valence-corrected chi connectivity index (χ0v) is 12.2. The summed E-state index contributed by atoms with van der Waals surface area (Å²) in [7, 11) is 1.97. The molecular weight excluding hydrogens is 270 g/mol. The Balaban J connectivity index is 1.93. The number of carbonyl (C=O) groups excluding carboxylic acids is 1. The summed E-state index contributed by atoms with van der Waals surface area (Å²) in [5, 5.41) is 3.74. The van der Waals surface area contributed by atoms with Crippen LogP contribution in [0, 0.1) is 0 Å². The molecule has 1 aromatic heterocycles. The van der Waals surface area contributed by atoms with Gasteiger partial charge in [-0.2, -0.15) is 0 Å². The molecule has 0 bridgehead atoms. The predicted octanol–water partition coefficient (Wildman–Crippen LogP) is 2.63. The number of hydrogen-bond acceptors (Lipinski definition) is 3. The van der Waals surface area contributed by atoms with Crippen LogP contribution in [0.25, 0.3) is 0 Å². The Kier molecular flexibility index (Phi) is 5.01. The Morgan fingerprint density at radius 3 is 2.80 bits per heavy atom. The summed E-state index contributed by atoms with van der Waals surface area (Å²) in [5.74, 6) is 0.757. The standard InChI is InChI=1S/C15H17N3OS/c1-3-8-16-14(19)13-6-4-12(5-7-13)11-20-15-17-9-10-18(15)2/h3-7,9-10H,1,8,11H2,2H3,(H,16,19). The van der Waals surface area contributed by atoms with Crippen LogP contribution in [0.3, 0.4) is 0 Å². The van der Waals surface area contributed by atoms with Crippen molar-refractivity contribution in [3.8, 4) is 0 Å². The van der Waals surface area contributed by atoms with Gasteiger partial charge in [0.2, 0.25) is 0 Å². The number of nitrogens with zero attached hydrogens (tertiary/aromatic N) is 2. The van der Waals surface area contributed by atoms with E-state index in [1.54, 1.807) is 24.0 Å². The topological polar surface area (TPSA) is 46.9 Å². The zero-order chi connectivity index (χ0) is 14.4. The van der Waals surface area contributed by atoms with E-state index < -0.39 is 0 Å². The third-order valence-electron chi connectivity index (χ3n) is 2.77. The summed E-state index contributed by atoms with van der Waals surface area (Å²) >= 11 is 1.67. The van der Waals surface area contributed by atoms with Crippen LogP contribution in [0.1, 0.15) is 15.9 Å². The van der Waals surface area contributed by atoms with E-state index in [0.29, 0.717) is 12.1 Å². The fraction of sp³-hybridized carbons (Fsp3) is 0.200. The van der Waals surface area contributed by atoms with Gasteiger partial charge in [0.05, 0.1) is 0 Å². The fourth-order valence-corrected chi connectivity index (χ4v) is 2.55. The molecular formula is C15H17N3OS. The summed E-state index contributed by atoms with van der Waals surface area (Å²) < 4.78 is 1.99. The Labute approximate surface area is 122 Å². The second-order valence-corrected chi connectivity index (χ2v) is 5.25. The van der Waals surface area contributed by atoms with Crippen molar-refractivity contribution in [3.05, 3.63) is 60.4 Å². The number of imidazole rings is 1. The molecule has 104 valence electrons. The van der Waals surface area contributed by atoms with Crippen LogP contribution in [0.4, 0.5) is 0 Å². The molecule has 0 atom stereocenters. The number of aromatic nitrogens is 2. The maximum absolute atomic E-state index is 11.7. The highest BCUT2D eigenvalue weighted by atomic mass is 32.2. The van der Waals surface area contributed by atoms with Crippen molar-refractivity contribution < 1.29 is 4.79 Å². The molecule has 1 aromatic carbocycles. The average Bonchev–Trinajstić information content (AvgIpc) is 2.88. The quantitative estimate of drug-likeness (QED) is 0.656. The van der Waals surface area contributed by atoms with Crippen LogP contribution in [0.15, 0.2) is 54.5 Å². The van der Waals surface area contributed by atoms with Gasteiger partial charge in [0.1, 0.15) is 0 Å². The molecule has 2 rings (SSSR count). The number of benzene rings is 1. The third kappa shape index (κ3) is 3.74. The lowest BCUT2D eigenvalue weighted by Crippen LogP contribution is -2.23. The van der Waals surface area contributed by atoms with Gasteiger partial charge in [0.15, 0.2) is 5.16 Å². The van der Waals surface area contributed by atoms with E-state index >= 15 is 0 Å². The summed E-state index contributed by atoms with van der Waals surface area (Å²) in [4.78, 5) is 16.0. The normalized spacial score (nSPS) is 10.2. The van der Waals surface area contributed by atoms with Crippen LogP contribution >= 0.6 is 11.8 Å². The van der Waals surface area contributed by atoms with E-state index in [2.05, 4.69) is 16.9 Å². The summed E-state index contributed by atoms with van der Waals surface area (Å²) in [6.45, 7) is 4.05. The highest BCUT2D eigenvalue weighted by Crippen LogP contribution is 2.20. The summed E-state index contributed by atoms with van der Waals surface area (Å²) in [6.07, 6.45) is 5.38. The summed E-state index contributed by atoms with van der Waals surface area (Å²) in [5.41, 5.74) is 1.83. The minimum absolute atomic E-state index is 0.0757. The Morgan fingerprint density at radius 2 is 2.20 bits per heavy atom. The third-order valence-corrected chi connectivity index (χ3v) is 3.90. The minimum Gasteiger partial charge on any atom is -0.349 e. The van der Waals surface area contributed by atoms with Gasteiger partial charge in [-0.15, -0.1) is 6.58 Å². The molecule has 0 fully saturated rings. The monoisotopic (exact) mass is 287 g/mol. The molecule has 0 aliphatic carbocycles. The molecule has 4 nitrogen and oxygen atoms in total. The van der Waals surface area contributed by atoms with Gasteiger partial charge in [0.25, 0.3) is 5.91 Å². The van der Waals surface area contributed by atoms with Crippen molar-refractivity contribution >= 4 is 17.7 Å². The van der Waals surface area contributed by atoms with Gasteiger partial charge in [0, 0.05) is 37.3 Å². The molecule has 0 spiro atoms. The van der Waals surface area contributed by atoms with E-state index in [9.17, 15) is 4.79 Å². The Morgan fingerprint density at radius 1 is 1.45 bits per heavy atom. The summed E-state index contributed by atoms with van der Waals surface area (Å²) in [6, 6.07) is 7.62. The number of amides is 1. The molecule has 0 unspecified atom stereocenters. The number of thioether (sulfide) groups is 1. The second-order valence-electron chi connectivity index (χ2n) is 4.31. The second kappa shape index (κ2) is 6.96. The first kappa shape index (κ1) is 14.4. The molecule has 0 saturated carbocycles. The number of hydrogen-bond donors (Lipinski definition) is 1. The van der Waals surface area contributed by atoms with Gasteiger partial charge >= 0.3 is 0 Å². The zero-order valence-electron chi connectivity index (χ0n) is 11.4. The molecule has 0 radical (unpaired) electrons. The largest absolute Gasteiger partial charge is 0.349 e. The van der Waals surface area contributed by atoms with Crippen molar-refractivity contribution in [1.82, 2.24) is 14.9 Å². The lowest BCUT2D eigenvalue weighted by molar-refractivity contribution is 0.0958. The van der Waals surface area contributed by atoms with Crippen LogP contribution in [-0.2, 0) is 12.8 Å². The molecule has 0 aliphatic rings. The highest BCUT2D eigenvalue weighted by molar-refractivity contribution is 7.98. The van der Waals surface area contributed by atoms with Gasteiger partial charge in [-0.3, -0.25) is 4.79 Å². The van der Waals surface area contributed by atoms with Crippen LogP contribution < -0.4 is 5.32 Å². The van der Waals surface area contributed by atoms with Crippen molar-refractivity contribution in [2.24, 2.45) is 7.05 Å². The fourth-order valence-electron chi connectivity index (χ4n) is 1.66. The number of nitrogens with one attached hydrogen (secondary N) is 1. The number of rotatable bonds is 6. The first-order chi connectivity index (χ1) is 9.70. The molecule has 0 saturated heterocycles. The van der Waals surface area contributed by atoms with E-state index in [0.717, 1.165) is 10.9 Å². The predicted molar refractivity (Wildman–Crippen MR) is 81.7 cm³/mol. The van der Waals surface area contributed by atoms with Crippen LogP contribution in [-0.4, -0.2) is 22.0 Å². The number of aryl methyl sites for hydroxylation is 1. The molecule has 1 heterocycles. The maximum Gasteiger partial charge on any atom is 0.251 e. The highest BCUT2D eigenvalue weighted by Gasteiger charge is 2.05. The van der Waals surface area contributed by atoms with Gasteiger partial charge < -0.3 is 9.88 Å². The first-order valence-corrected chi connectivity index (χ1v) is 7.27. The van der Waals surface area contributed by atoms with Crippen molar-refractivity contribution in [3.63, 3.8) is 0 Å². The van der Waals surface area contributed by atoms with Crippen molar-refractivity contribution in [2.45, 2.75) is 10.9 Å². The smallest absolute Gasteiger partial charge is 0.251 e. The molecule has 20 heavy (non-hydrogen) atoms. The molecule has 0 aliphatic heterocycles. The molecule has 1 amide bonds. The van der Waals surface area contributed by atoms with E-state index in [1.165, 1.54) is 5.56 Å².